The molecule has 1 unspecified atom stereocenters. The molecule has 154 valence electrons. The Morgan fingerprint density at radius 3 is 2.62 bits per heavy atom. The van der Waals surface area contributed by atoms with E-state index in [1.54, 1.807) is 11.3 Å². The maximum atomic E-state index is 11.3. The maximum absolute atomic E-state index is 11.3. The summed E-state index contributed by atoms with van der Waals surface area (Å²) in [5, 5.41) is 25.5. The van der Waals surface area contributed by atoms with Crippen molar-refractivity contribution in [3.63, 3.8) is 0 Å². The molecular weight excluding hydrogens is 384 g/mol. The molecule has 0 spiro atoms. The first-order valence-electron chi connectivity index (χ1n) is 10.4. The van der Waals surface area contributed by atoms with Crippen molar-refractivity contribution in [1.82, 2.24) is 9.47 Å². The van der Waals surface area contributed by atoms with Crippen molar-refractivity contribution in [2.75, 3.05) is 19.6 Å². The minimum absolute atomic E-state index is 0.0790. The Morgan fingerprint density at radius 2 is 1.90 bits per heavy atom. The largest absolute Gasteiger partial charge is 0.481 e. The summed E-state index contributed by atoms with van der Waals surface area (Å²) in [6, 6.07) is 10.3. The Morgan fingerprint density at radius 1 is 1.10 bits per heavy atom. The molecule has 2 aromatic heterocycles. The number of hydrogen-bond donors (Lipinski definition) is 2. The zero-order chi connectivity index (χ0) is 20.2. The third kappa shape index (κ3) is 4.55. The minimum Gasteiger partial charge on any atom is -0.481 e. The second-order valence-electron chi connectivity index (χ2n) is 7.87. The lowest BCUT2D eigenvalue weighted by atomic mass is 10.0. The van der Waals surface area contributed by atoms with Gasteiger partial charge >= 0.3 is 5.97 Å². The molecule has 0 radical (unpaired) electrons. The zero-order valence-electron chi connectivity index (χ0n) is 16.6. The van der Waals surface area contributed by atoms with E-state index in [0.29, 0.717) is 19.5 Å². The summed E-state index contributed by atoms with van der Waals surface area (Å²) in [7, 11) is 0. The van der Waals surface area contributed by atoms with Gasteiger partial charge in [0, 0.05) is 28.7 Å². The van der Waals surface area contributed by atoms with E-state index in [4.69, 9.17) is 0 Å². The van der Waals surface area contributed by atoms with Crippen molar-refractivity contribution >= 4 is 28.2 Å². The highest BCUT2D eigenvalue weighted by molar-refractivity contribution is 7.08. The molecule has 1 aromatic carbocycles. The van der Waals surface area contributed by atoms with Crippen molar-refractivity contribution in [2.24, 2.45) is 0 Å². The Labute approximate surface area is 175 Å². The van der Waals surface area contributed by atoms with Crippen LogP contribution in [0.2, 0.25) is 0 Å². The summed E-state index contributed by atoms with van der Waals surface area (Å²) in [6.07, 6.45) is 3.72. The van der Waals surface area contributed by atoms with E-state index in [9.17, 15) is 15.0 Å². The number of aliphatic carboxylic acids is 1. The van der Waals surface area contributed by atoms with Crippen molar-refractivity contribution in [2.45, 2.75) is 44.8 Å². The summed E-state index contributed by atoms with van der Waals surface area (Å²) in [6.45, 7) is 3.25. The fraction of sp³-hybridized carbons (Fsp3) is 0.435. The molecule has 1 saturated heterocycles. The second-order valence-corrected chi connectivity index (χ2v) is 8.65. The lowest BCUT2D eigenvalue weighted by molar-refractivity contribution is -0.136. The normalized spacial score (nSPS) is 16.3. The van der Waals surface area contributed by atoms with E-state index >= 15 is 0 Å². The average molecular weight is 413 g/mol. The molecule has 0 aliphatic carbocycles. The zero-order valence-corrected chi connectivity index (χ0v) is 17.4. The molecule has 5 nitrogen and oxygen atoms in total. The number of aliphatic hydroxyl groups excluding tert-OH is 1. The molecule has 4 rings (SSSR count). The predicted octanol–water partition coefficient (Wildman–Crippen LogP) is 4.23. The molecule has 6 heteroatoms. The average Bonchev–Trinajstić information content (AvgIpc) is 3.34. The quantitative estimate of drug-likeness (QED) is 0.581. The van der Waals surface area contributed by atoms with E-state index in [2.05, 4.69) is 33.0 Å². The molecule has 1 atom stereocenters. The molecule has 3 heterocycles. The van der Waals surface area contributed by atoms with E-state index in [1.165, 1.54) is 19.3 Å². The first-order chi connectivity index (χ1) is 14.1. The summed E-state index contributed by atoms with van der Waals surface area (Å²) in [4.78, 5) is 13.7. The van der Waals surface area contributed by atoms with E-state index < -0.39 is 12.1 Å². The van der Waals surface area contributed by atoms with Crippen molar-refractivity contribution in [1.29, 1.82) is 0 Å². The number of piperidine rings is 1. The third-order valence-corrected chi connectivity index (χ3v) is 6.46. The number of aliphatic hydroxyl groups is 1. The maximum Gasteiger partial charge on any atom is 0.303 e. The smallest absolute Gasteiger partial charge is 0.303 e. The third-order valence-electron chi connectivity index (χ3n) is 5.78. The van der Waals surface area contributed by atoms with Crippen LogP contribution in [-0.2, 0) is 17.8 Å². The number of rotatable bonds is 8. The number of fused-ring (bicyclic) bond motifs is 1. The molecule has 2 N–H and O–H groups in total. The number of β-amino-alcohol motifs (C(OH)–C–C–N with tert-alkyl or cyclic N) is 1. The minimum atomic E-state index is -0.799. The van der Waals surface area contributed by atoms with Gasteiger partial charge in [0.25, 0.3) is 0 Å². The standard InChI is InChI=1S/C23H28N2O3S/c26-18(14-24-11-4-1-5-12-24)15-25-20-7-3-2-6-19(20)23(17-10-13-29-16-17)21(25)8-9-22(27)28/h2-3,6-7,10,13,16,18,26H,1,4-5,8-9,11-12,14-15H2,(H,27,28). The molecule has 29 heavy (non-hydrogen) atoms. The predicted molar refractivity (Wildman–Crippen MR) is 118 cm³/mol. The molecule has 3 aromatic rings. The molecule has 0 amide bonds. The van der Waals surface area contributed by atoms with Crippen LogP contribution in [0, 0.1) is 0 Å². The van der Waals surface area contributed by atoms with Crippen LogP contribution in [0.25, 0.3) is 22.0 Å². The number of carboxylic acids is 1. The molecular formula is C23H28N2O3S. The van der Waals surface area contributed by atoms with Crippen LogP contribution >= 0.6 is 11.3 Å². The van der Waals surface area contributed by atoms with Crippen molar-refractivity contribution in [3.05, 3.63) is 46.8 Å². The van der Waals surface area contributed by atoms with Crippen LogP contribution in [0.1, 0.15) is 31.4 Å². The van der Waals surface area contributed by atoms with Crippen LogP contribution in [-0.4, -0.2) is 51.4 Å². The van der Waals surface area contributed by atoms with Gasteiger partial charge in [-0.1, -0.05) is 24.6 Å². The molecule has 0 bridgehead atoms. The Balaban J connectivity index is 1.71. The molecule has 1 fully saturated rings. The number of hydrogen-bond acceptors (Lipinski definition) is 4. The summed E-state index contributed by atoms with van der Waals surface area (Å²) in [5.41, 5.74) is 4.29. The van der Waals surface area contributed by atoms with E-state index in [-0.39, 0.29) is 6.42 Å². The van der Waals surface area contributed by atoms with Gasteiger partial charge in [0.05, 0.1) is 19.1 Å². The lowest BCUT2D eigenvalue weighted by Gasteiger charge is -2.29. The lowest BCUT2D eigenvalue weighted by Crippen LogP contribution is -2.38. The molecule has 1 aliphatic rings. The van der Waals surface area contributed by atoms with Gasteiger partial charge in [-0.3, -0.25) is 4.79 Å². The van der Waals surface area contributed by atoms with Gasteiger partial charge in [0.2, 0.25) is 0 Å². The van der Waals surface area contributed by atoms with Crippen LogP contribution in [0.15, 0.2) is 41.1 Å². The van der Waals surface area contributed by atoms with Crippen molar-refractivity contribution < 1.29 is 15.0 Å². The number of nitrogens with zero attached hydrogens (tertiary/aromatic N) is 2. The van der Waals surface area contributed by atoms with Gasteiger partial charge in [-0.2, -0.15) is 11.3 Å². The van der Waals surface area contributed by atoms with Crippen LogP contribution < -0.4 is 0 Å². The topological polar surface area (TPSA) is 65.7 Å². The molecule has 1 aliphatic heterocycles. The van der Waals surface area contributed by atoms with Gasteiger partial charge in [0.15, 0.2) is 0 Å². The Hall–Kier alpha value is -2.15. The van der Waals surface area contributed by atoms with Crippen LogP contribution in [0.5, 0.6) is 0 Å². The number of aromatic nitrogens is 1. The fourth-order valence-electron chi connectivity index (χ4n) is 4.49. The van der Waals surface area contributed by atoms with Gasteiger partial charge in [-0.15, -0.1) is 0 Å². The highest BCUT2D eigenvalue weighted by Gasteiger charge is 2.22. The monoisotopic (exact) mass is 412 g/mol. The van der Waals surface area contributed by atoms with Gasteiger partial charge in [0.1, 0.15) is 0 Å². The summed E-state index contributed by atoms with van der Waals surface area (Å²) >= 11 is 1.64. The first kappa shape index (κ1) is 20.1. The van der Waals surface area contributed by atoms with Gasteiger partial charge in [-0.25, -0.2) is 0 Å². The number of benzene rings is 1. The van der Waals surface area contributed by atoms with E-state index in [0.717, 1.165) is 40.8 Å². The highest BCUT2D eigenvalue weighted by Crippen LogP contribution is 2.37. The number of para-hydroxylation sites is 1. The molecule has 0 saturated carbocycles. The number of likely N-dealkylation sites (tertiary alicyclic amines) is 1. The number of thiophene rings is 1. The summed E-state index contributed by atoms with van der Waals surface area (Å²) < 4.78 is 2.15. The Kier molecular flexibility index (Phi) is 6.33. The second kappa shape index (κ2) is 9.11. The van der Waals surface area contributed by atoms with Gasteiger partial charge < -0.3 is 19.7 Å². The number of carbonyl (C=O) groups is 1. The van der Waals surface area contributed by atoms with E-state index in [1.807, 2.05) is 17.5 Å². The SMILES string of the molecule is O=C(O)CCc1c(-c2ccsc2)c2ccccc2n1CC(O)CN1CCCCC1. The fourth-order valence-corrected chi connectivity index (χ4v) is 5.13. The van der Waals surface area contributed by atoms with Crippen molar-refractivity contribution in [3.8, 4) is 11.1 Å². The van der Waals surface area contributed by atoms with Crippen LogP contribution in [0.3, 0.4) is 0 Å². The highest BCUT2D eigenvalue weighted by atomic mass is 32.1. The Bertz CT molecular complexity index is 958. The summed E-state index contributed by atoms with van der Waals surface area (Å²) in [5.74, 6) is -0.799. The first-order valence-corrected chi connectivity index (χ1v) is 11.3. The number of carboxylic acid groups (broad SMARTS) is 1. The van der Waals surface area contributed by atoms with Crippen LogP contribution in [0.4, 0.5) is 0 Å². The van der Waals surface area contributed by atoms with Gasteiger partial charge in [-0.05, 0) is 60.8 Å².